The lowest BCUT2D eigenvalue weighted by Gasteiger charge is -2.21. The van der Waals surface area contributed by atoms with Crippen molar-refractivity contribution in [3.8, 4) is 28.1 Å². The van der Waals surface area contributed by atoms with Crippen molar-refractivity contribution in [3.63, 3.8) is 0 Å². The minimum Gasteiger partial charge on any atom is -0.410 e. The third-order valence-electron chi connectivity index (χ3n) is 6.04. The van der Waals surface area contributed by atoms with E-state index in [1.165, 1.54) is 22.3 Å². The Morgan fingerprint density at radius 1 is 0.778 bits per heavy atom. The average Bonchev–Trinajstić information content (AvgIpc) is 2.88. The monoisotopic (exact) mass is 504 g/mol. The smallest absolute Gasteiger partial charge is 0.240 e. The van der Waals surface area contributed by atoms with E-state index in [0.29, 0.717) is 0 Å². The minimum absolute atomic E-state index is 0.747. The van der Waals surface area contributed by atoms with Gasteiger partial charge in [0.2, 0.25) is 17.1 Å². The molecule has 184 valence electrons. The van der Waals surface area contributed by atoms with Gasteiger partial charge in [0, 0.05) is 35.7 Å². The summed E-state index contributed by atoms with van der Waals surface area (Å²) >= 11 is 0. The van der Waals surface area contributed by atoms with E-state index in [9.17, 15) is 5.21 Å². The Morgan fingerprint density at radius 3 is 1.89 bits per heavy atom. The summed E-state index contributed by atoms with van der Waals surface area (Å²) in [4.78, 5) is 0. The van der Waals surface area contributed by atoms with Crippen LogP contribution >= 0.6 is 0 Å². The van der Waals surface area contributed by atoms with E-state index in [-0.39, 0.29) is 0 Å². The zero-order chi connectivity index (χ0) is 25.7. The van der Waals surface area contributed by atoms with Crippen LogP contribution in [-0.4, -0.2) is 10.9 Å². The van der Waals surface area contributed by atoms with Crippen molar-refractivity contribution in [3.05, 3.63) is 108 Å². The maximum absolute atomic E-state index is 9.95. The van der Waals surface area contributed by atoms with Crippen molar-refractivity contribution in [2.75, 3.05) is 0 Å². The van der Waals surface area contributed by atoms with Crippen LogP contribution in [0.5, 0.6) is 0 Å². The Balaban J connectivity index is 0.000000556. The van der Waals surface area contributed by atoms with Gasteiger partial charge in [-0.1, -0.05) is 71.4 Å². The van der Waals surface area contributed by atoms with Crippen LogP contribution in [0.1, 0.15) is 29.7 Å². The molecule has 3 aromatic carbocycles. The first-order chi connectivity index (χ1) is 17.3. The van der Waals surface area contributed by atoms with Crippen LogP contribution < -0.4 is 23.2 Å². The van der Waals surface area contributed by atoms with Gasteiger partial charge < -0.3 is 5.21 Å². The van der Waals surface area contributed by atoms with Crippen LogP contribution in [0.25, 0.3) is 28.1 Å². The van der Waals surface area contributed by atoms with E-state index >= 15 is 0 Å². The molecule has 4 aromatic rings. The van der Waals surface area contributed by atoms with Gasteiger partial charge in [0.05, 0.1) is 0 Å². The maximum Gasteiger partial charge on any atom is 0.240 e. The standard InChI is InChI=1S/C28H24N2O.ClHO4/c1-20-15-17-23(18-16-20)30-27(22-11-6-3-7-12-22)19-25(21-9-4-2-5-10-21)24-13-8-14-26(29-31)28(24)30;2-1(3,4)5/h2-7,9-12,15-19H,8,13-14H2,1H3;(H,2,3,4,5). The van der Waals surface area contributed by atoms with E-state index in [2.05, 4.69) is 95.5 Å². The molecule has 1 N–H and O–H groups in total. The van der Waals surface area contributed by atoms with Crippen LogP contribution in [0.15, 0.2) is 96.2 Å². The van der Waals surface area contributed by atoms with E-state index in [1.54, 1.807) is 0 Å². The molecule has 1 aliphatic carbocycles. The third kappa shape index (κ3) is 5.96. The van der Waals surface area contributed by atoms with Gasteiger partial charge in [-0.15, -0.1) is 10.2 Å². The molecule has 1 heterocycles. The Labute approximate surface area is 211 Å². The fourth-order valence-corrected chi connectivity index (χ4v) is 4.53. The van der Waals surface area contributed by atoms with Gasteiger partial charge in [0.25, 0.3) is 0 Å². The zero-order valence-electron chi connectivity index (χ0n) is 19.6. The number of rotatable bonds is 3. The summed E-state index contributed by atoms with van der Waals surface area (Å²) < 4.78 is 36.2. The van der Waals surface area contributed by atoms with Gasteiger partial charge in [0.15, 0.2) is 5.71 Å². The highest BCUT2D eigenvalue weighted by Crippen LogP contribution is 2.34. The molecule has 0 bridgehead atoms. The number of aryl methyl sites for hydroxylation is 1. The van der Waals surface area contributed by atoms with Crippen LogP contribution in [0.2, 0.25) is 0 Å². The number of nitrogens with zero attached hydrogens (tertiary/aromatic N) is 2. The molecule has 0 spiro atoms. The molecule has 36 heavy (non-hydrogen) atoms. The highest BCUT2D eigenvalue weighted by atomic mass is 35.7. The fourth-order valence-electron chi connectivity index (χ4n) is 4.53. The fraction of sp³-hybridized carbons (Fsp3) is 0.143. The highest BCUT2D eigenvalue weighted by molar-refractivity contribution is 6.01. The number of benzene rings is 3. The molecule has 1 aromatic heterocycles. The molecule has 0 saturated heterocycles. The lowest BCUT2D eigenvalue weighted by atomic mass is 9.86. The summed E-state index contributed by atoms with van der Waals surface area (Å²) in [6, 6.07) is 31.8. The first kappa shape index (κ1) is 25.5. The SMILES string of the molecule is Cc1ccc(-[n+]2c(-c3ccccc3)cc(-c3ccccc3)c3c2/C(=N/O)CCC3)cc1.[O-][Cl+3]([O-])([O-])[O-]. The zero-order valence-corrected chi connectivity index (χ0v) is 20.4. The third-order valence-corrected chi connectivity index (χ3v) is 6.04. The molecule has 0 saturated carbocycles. The number of aromatic nitrogens is 1. The molecule has 0 fully saturated rings. The van der Waals surface area contributed by atoms with Gasteiger partial charge in [-0.2, -0.15) is 4.57 Å². The van der Waals surface area contributed by atoms with E-state index in [4.69, 9.17) is 18.6 Å². The van der Waals surface area contributed by atoms with Gasteiger partial charge in [-0.25, -0.2) is 18.6 Å². The molecule has 0 radical (unpaired) electrons. The number of halogens is 1. The average molecular weight is 505 g/mol. The van der Waals surface area contributed by atoms with Gasteiger partial charge in [-0.3, -0.25) is 0 Å². The lowest BCUT2D eigenvalue weighted by molar-refractivity contribution is -2.00. The number of hydrogen-bond acceptors (Lipinski definition) is 6. The second-order valence-corrected chi connectivity index (χ2v) is 9.21. The first-order valence-corrected chi connectivity index (χ1v) is 12.6. The Bertz CT molecular complexity index is 1350. The number of fused-ring (bicyclic) bond motifs is 1. The Hall–Kier alpha value is -3.59. The van der Waals surface area contributed by atoms with Crippen LogP contribution in [0.3, 0.4) is 0 Å². The predicted octanol–water partition coefficient (Wildman–Crippen LogP) is 1.36. The largest absolute Gasteiger partial charge is 0.410 e. The summed E-state index contributed by atoms with van der Waals surface area (Å²) in [6.07, 6.45) is 2.70. The first-order valence-electron chi connectivity index (χ1n) is 11.4. The van der Waals surface area contributed by atoms with Crippen molar-refractivity contribution < 1.29 is 38.7 Å². The van der Waals surface area contributed by atoms with Crippen LogP contribution in [0.4, 0.5) is 0 Å². The topological polar surface area (TPSA) is 129 Å². The summed E-state index contributed by atoms with van der Waals surface area (Å²) in [6.45, 7) is 2.10. The summed E-state index contributed by atoms with van der Waals surface area (Å²) in [5.74, 6) is 0. The number of oxime groups is 1. The van der Waals surface area contributed by atoms with E-state index < -0.39 is 10.2 Å². The predicted molar refractivity (Wildman–Crippen MR) is 125 cm³/mol. The van der Waals surface area contributed by atoms with Crippen molar-refractivity contribution >= 4 is 5.71 Å². The molecule has 8 heteroatoms. The minimum atomic E-state index is -4.94. The summed E-state index contributed by atoms with van der Waals surface area (Å²) in [5.41, 5.74) is 9.90. The molecular formula is C28H25ClN2O5. The Kier molecular flexibility index (Phi) is 7.79. The quantitative estimate of drug-likeness (QED) is 0.256. The lowest BCUT2D eigenvalue weighted by Crippen LogP contribution is -2.68. The van der Waals surface area contributed by atoms with Gasteiger partial charge in [0.1, 0.15) is 0 Å². The van der Waals surface area contributed by atoms with Crippen molar-refractivity contribution in [2.24, 2.45) is 5.16 Å². The Morgan fingerprint density at radius 2 is 1.33 bits per heavy atom. The number of pyridine rings is 1. The highest BCUT2D eigenvalue weighted by Gasteiger charge is 2.34. The van der Waals surface area contributed by atoms with Gasteiger partial charge >= 0.3 is 0 Å². The molecule has 0 amide bonds. The number of hydrogen-bond donors (Lipinski definition) is 1. The second kappa shape index (κ2) is 11.0. The molecule has 0 atom stereocenters. The van der Waals surface area contributed by atoms with Crippen LogP contribution in [-0.2, 0) is 6.42 Å². The van der Waals surface area contributed by atoms with E-state index in [0.717, 1.165) is 47.6 Å². The molecule has 0 aliphatic heterocycles. The van der Waals surface area contributed by atoms with Crippen molar-refractivity contribution in [1.29, 1.82) is 0 Å². The molecule has 5 rings (SSSR count). The molecule has 1 aliphatic rings. The normalized spacial score (nSPS) is 14.1. The second-order valence-electron chi connectivity index (χ2n) is 8.45. The van der Waals surface area contributed by atoms with E-state index in [1.807, 2.05) is 12.1 Å². The summed E-state index contributed by atoms with van der Waals surface area (Å²) in [7, 11) is -4.94. The van der Waals surface area contributed by atoms with Crippen molar-refractivity contribution in [1.82, 2.24) is 0 Å². The molecule has 7 nitrogen and oxygen atoms in total. The molecular weight excluding hydrogens is 480 g/mol. The maximum atomic E-state index is 9.95. The van der Waals surface area contributed by atoms with Crippen LogP contribution in [0, 0.1) is 17.2 Å². The summed E-state index contributed by atoms with van der Waals surface area (Å²) in [5, 5.41) is 13.7. The van der Waals surface area contributed by atoms with Gasteiger partial charge in [-0.05, 0) is 43.0 Å². The van der Waals surface area contributed by atoms with Crippen molar-refractivity contribution in [2.45, 2.75) is 26.2 Å². The molecule has 0 unspecified atom stereocenters.